The molecule has 0 aliphatic rings. The Hall–Kier alpha value is -2.58. The van der Waals surface area contributed by atoms with Gasteiger partial charge < -0.3 is 4.74 Å². The second-order valence-electron chi connectivity index (χ2n) is 4.55. The van der Waals surface area contributed by atoms with Crippen molar-refractivity contribution in [2.24, 2.45) is 0 Å². The summed E-state index contributed by atoms with van der Waals surface area (Å²) in [4.78, 5) is 12.0. The molecule has 2 aromatic carbocycles. The molecule has 0 aromatic heterocycles. The molecule has 0 heterocycles. The third kappa shape index (κ3) is 3.96. The van der Waals surface area contributed by atoms with Crippen molar-refractivity contribution < 1.29 is 17.9 Å². The average molecular weight is 314 g/mol. The number of carbonyl (C=O) groups is 1. The maximum absolute atomic E-state index is 12.3. The van der Waals surface area contributed by atoms with Gasteiger partial charge in [-0.2, -0.15) is 0 Å². The summed E-state index contributed by atoms with van der Waals surface area (Å²) in [6.45, 7) is -0.120. The van der Waals surface area contributed by atoms with E-state index in [0.29, 0.717) is 5.56 Å². The summed E-state index contributed by atoms with van der Waals surface area (Å²) in [7, 11) is -3.46. The number of terminal acetylenes is 1. The van der Waals surface area contributed by atoms with Gasteiger partial charge >= 0.3 is 5.97 Å². The highest BCUT2D eigenvalue weighted by Crippen LogP contribution is 2.17. The molecule has 0 saturated carbocycles. The van der Waals surface area contributed by atoms with Gasteiger partial charge in [-0.25, -0.2) is 13.2 Å². The molecule has 0 radical (unpaired) electrons. The van der Waals surface area contributed by atoms with Crippen LogP contribution in [0.2, 0.25) is 0 Å². The van der Waals surface area contributed by atoms with E-state index in [1.165, 1.54) is 6.07 Å². The predicted molar refractivity (Wildman–Crippen MR) is 82.9 cm³/mol. The van der Waals surface area contributed by atoms with Crippen LogP contribution in [0.5, 0.6) is 0 Å². The van der Waals surface area contributed by atoms with E-state index in [9.17, 15) is 13.2 Å². The Morgan fingerprint density at radius 3 is 2.50 bits per heavy atom. The van der Waals surface area contributed by atoms with Gasteiger partial charge in [-0.15, -0.1) is 6.42 Å². The standard InChI is InChI=1S/C17H14O4S/c1-2-11-21-17(18)15-8-6-7-14(12-15)13-22(19,20)16-9-4-3-5-10-16/h1,3-10,12H,11,13H2. The fourth-order valence-corrected chi connectivity index (χ4v) is 3.27. The van der Waals surface area contributed by atoms with Crippen LogP contribution in [0.3, 0.4) is 0 Å². The van der Waals surface area contributed by atoms with Crippen molar-refractivity contribution in [1.29, 1.82) is 0 Å². The molecule has 0 amide bonds. The Balaban J connectivity index is 2.21. The van der Waals surface area contributed by atoms with E-state index in [1.807, 2.05) is 0 Å². The van der Waals surface area contributed by atoms with Gasteiger partial charge in [0.2, 0.25) is 0 Å². The molecule has 0 fully saturated rings. The summed E-state index contributed by atoms with van der Waals surface area (Å²) in [5.41, 5.74) is 0.787. The first-order valence-corrected chi connectivity index (χ1v) is 8.15. The van der Waals surface area contributed by atoms with Crippen LogP contribution in [0.15, 0.2) is 59.5 Å². The van der Waals surface area contributed by atoms with Crippen molar-refractivity contribution in [2.75, 3.05) is 6.61 Å². The Morgan fingerprint density at radius 2 is 1.82 bits per heavy atom. The molecular weight excluding hydrogens is 300 g/mol. The van der Waals surface area contributed by atoms with E-state index in [2.05, 4.69) is 5.92 Å². The zero-order valence-corrected chi connectivity index (χ0v) is 12.5. The number of hydrogen-bond donors (Lipinski definition) is 0. The van der Waals surface area contributed by atoms with Crippen LogP contribution in [-0.4, -0.2) is 21.0 Å². The molecule has 5 heteroatoms. The fourth-order valence-electron chi connectivity index (χ4n) is 1.91. The van der Waals surface area contributed by atoms with Crippen LogP contribution in [-0.2, 0) is 20.3 Å². The lowest BCUT2D eigenvalue weighted by molar-refractivity contribution is 0.0556. The minimum absolute atomic E-state index is 0.120. The lowest BCUT2D eigenvalue weighted by atomic mass is 10.1. The summed E-state index contributed by atoms with van der Waals surface area (Å²) in [6, 6.07) is 14.5. The smallest absolute Gasteiger partial charge is 0.339 e. The Labute approximate surface area is 129 Å². The van der Waals surface area contributed by atoms with Crippen molar-refractivity contribution in [2.45, 2.75) is 10.6 Å². The van der Waals surface area contributed by atoms with Crippen LogP contribution in [0.4, 0.5) is 0 Å². The highest BCUT2D eigenvalue weighted by atomic mass is 32.2. The minimum atomic E-state index is -3.46. The Morgan fingerprint density at radius 1 is 1.09 bits per heavy atom. The molecular formula is C17H14O4S. The molecule has 0 spiro atoms. The van der Waals surface area contributed by atoms with E-state index in [-0.39, 0.29) is 22.8 Å². The van der Waals surface area contributed by atoms with Crippen LogP contribution < -0.4 is 0 Å². The quantitative estimate of drug-likeness (QED) is 0.628. The van der Waals surface area contributed by atoms with Crippen molar-refractivity contribution in [3.05, 3.63) is 65.7 Å². The first-order valence-electron chi connectivity index (χ1n) is 6.50. The number of esters is 1. The highest BCUT2D eigenvalue weighted by molar-refractivity contribution is 7.90. The second kappa shape index (κ2) is 6.92. The summed E-state index contributed by atoms with van der Waals surface area (Å²) in [5, 5.41) is 0. The van der Waals surface area contributed by atoms with Gasteiger partial charge in [0, 0.05) is 0 Å². The van der Waals surface area contributed by atoms with E-state index >= 15 is 0 Å². The number of sulfone groups is 1. The Bertz CT molecular complexity index is 802. The van der Waals surface area contributed by atoms with Gasteiger partial charge in [-0.05, 0) is 29.8 Å². The van der Waals surface area contributed by atoms with Gasteiger partial charge in [-0.1, -0.05) is 36.3 Å². The zero-order chi connectivity index (χ0) is 16.0. The molecule has 0 aliphatic heterocycles. The molecule has 0 saturated heterocycles. The van der Waals surface area contributed by atoms with Crippen molar-refractivity contribution in [3.63, 3.8) is 0 Å². The van der Waals surface area contributed by atoms with Gasteiger partial charge in [0.05, 0.1) is 16.2 Å². The van der Waals surface area contributed by atoms with Crippen LogP contribution >= 0.6 is 0 Å². The molecule has 2 rings (SSSR count). The predicted octanol–water partition coefficient (Wildman–Crippen LogP) is 2.45. The largest absolute Gasteiger partial charge is 0.449 e. The molecule has 4 nitrogen and oxygen atoms in total. The molecule has 0 N–H and O–H groups in total. The third-order valence-corrected chi connectivity index (χ3v) is 4.61. The molecule has 2 aromatic rings. The summed E-state index contributed by atoms with van der Waals surface area (Å²) >= 11 is 0. The van der Waals surface area contributed by atoms with Gasteiger partial charge in [0.15, 0.2) is 16.4 Å². The van der Waals surface area contributed by atoms with Gasteiger partial charge in [-0.3, -0.25) is 0 Å². The number of ether oxygens (including phenoxy) is 1. The normalized spacial score (nSPS) is 10.7. The van der Waals surface area contributed by atoms with Gasteiger partial charge in [0.25, 0.3) is 0 Å². The third-order valence-electron chi connectivity index (χ3n) is 2.91. The van der Waals surface area contributed by atoms with Crippen LogP contribution in [0, 0.1) is 12.3 Å². The van der Waals surface area contributed by atoms with Crippen LogP contribution in [0.25, 0.3) is 0 Å². The number of hydrogen-bond acceptors (Lipinski definition) is 4. The van der Waals surface area contributed by atoms with Crippen molar-refractivity contribution >= 4 is 15.8 Å². The topological polar surface area (TPSA) is 60.4 Å². The average Bonchev–Trinajstić information content (AvgIpc) is 2.53. The molecule has 0 bridgehead atoms. The lowest BCUT2D eigenvalue weighted by Crippen LogP contribution is -2.08. The molecule has 0 aliphatic carbocycles. The van der Waals surface area contributed by atoms with E-state index in [0.717, 1.165) is 0 Å². The number of benzene rings is 2. The van der Waals surface area contributed by atoms with E-state index in [4.69, 9.17) is 11.2 Å². The second-order valence-corrected chi connectivity index (χ2v) is 6.54. The molecule has 112 valence electrons. The number of rotatable bonds is 5. The first kappa shape index (κ1) is 15.8. The molecule has 0 unspecified atom stereocenters. The summed E-state index contributed by atoms with van der Waals surface area (Å²) in [6.07, 6.45) is 5.03. The van der Waals surface area contributed by atoms with Crippen LogP contribution in [0.1, 0.15) is 15.9 Å². The number of carbonyl (C=O) groups excluding carboxylic acids is 1. The van der Waals surface area contributed by atoms with Crippen molar-refractivity contribution in [1.82, 2.24) is 0 Å². The minimum Gasteiger partial charge on any atom is -0.449 e. The molecule has 22 heavy (non-hydrogen) atoms. The fraction of sp³-hybridized carbons (Fsp3) is 0.118. The summed E-state index contributed by atoms with van der Waals surface area (Å²) < 4.78 is 29.4. The maximum Gasteiger partial charge on any atom is 0.339 e. The SMILES string of the molecule is C#CCOC(=O)c1cccc(CS(=O)(=O)c2ccccc2)c1. The monoisotopic (exact) mass is 314 g/mol. The lowest BCUT2D eigenvalue weighted by Gasteiger charge is -2.06. The molecule has 0 atom stereocenters. The summed E-state index contributed by atoms with van der Waals surface area (Å²) in [5.74, 6) is 1.44. The zero-order valence-electron chi connectivity index (χ0n) is 11.7. The Kier molecular flexibility index (Phi) is 4.97. The first-order chi connectivity index (χ1) is 10.5. The van der Waals surface area contributed by atoms with Gasteiger partial charge in [0.1, 0.15) is 0 Å². The van der Waals surface area contributed by atoms with Crippen molar-refractivity contribution in [3.8, 4) is 12.3 Å². The van der Waals surface area contributed by atoms with E-state index < -0.39 is 15.8 Å². The highest BCUT2D eigenvalue weighted by Gasteiger charge is 2.16. The van der Waals surface area contributed by atoms with E-state index in [1.54, 1.807) is 48.5 Å². The maximum atomic E-state index is 12.3.